The summed E-state index contributed by atoms with van der Waals surface area (Å²) >= 11 is 13.3. The molecule has 0 radical (unpaired) electrons. The van der Waals surface area contributed by atoms with Gasteiger partial charge in [-0.15, -0.1) is 11.6 Å². The van der Waals surface area contributed by atoms with Gasteiger partial charge < -0.3 is 5.32 Å². The smallest absolute Gasteiger partial charge is 0.225 e. The van der Waals surface area contributed by atoms with Gasteiger partial charge >= 0.3 is 0 Å². The molecule has 1 rings (SSSR count). The Kier molecular flexibility index (Phi) is 4.98. The van der Waals surface area contributed by atoms with E-state index in [9.17, 15) is 4.79 Å². The molecule has 0 aliphatic carbocycles. The first-order valence-electron chi connectivity index (χ1n) is 3.94. The molecular weight excluding hydrogens is 336 g/mol. The lowest BCUT2D eigenvalue weighted by atomic mass is 10.3. The summed E-state index contributed by atoms with van der Waals surface area (Å²) in [6, 6.07) is 5.30. The van der Waals surface area contributed by atoms with Crippen LogP contribution in [0.1, 0.15) is 6.42 Å². The number of halogens is 3. The molecule has 1 amide bonds. The summed E-state index contributed by atoms with van der Waals surface area (Å²) in [5.41, 5.74) is 0.769. The molecule has 0 fully saturated rings. The highest BCUT2D eigenvalue weighted by atomic mass is 127. The Morgan fingerprint density at radius 1 is 1.50 bits per heavy atom. The summed E-state index contributed by atoms with van der Waals surface area (Å²) in [5.74, 6) is 0.246. The van der Waals surface area contributed by atoms with E-state index in [0.717, 1.165) is 9.26 Å². The molecule has 2 nitrogen and oxygen atoms in total. The Labute approximate surface area is 106 Å². The zero-order valence-electron chi connectivity index (χ0n) is 7.19. The fourth-order valence-electron chi connectivity index (χ4n) is 0.889. The van der Waals surface area contributed by atoms with Crippen LogP contribution in [0.5, 0.6) is 0 Å². The molecule has 76 valence electrons. The molecule has 1 aromatic carbocycles. The van der Waals surface area contributed by atoms with E-state index < -0.39 is 0 Å². The van der Waals surface area contributed by atoms with E-state index in [1.54, 1.807) is 18.2 Å². The second-order valence-electron chi connectivity index (χ2n) is 2.61. The molecule has 0 aliphatic rings. The van der Waals surface area contributed by atoms with Gasteiger partial charge in [-0.2, -0.15) is 0 Å². The van der Waals surface area contributed by atoms with Crippen LogP contribution < -0.4 is 5.32 Å². The molecule has 1 N–H and O–H groups in total. The number of alkyl halides is 1. The minimum Gasteiger partial charge on any atom is -0.325 e. The lowest BCUT2D eigenvalue weighted by molar-refractivity contribution is -0.115. The van der Waals surface area contributed by atoms with E-state index in [1.807, 2.05) is 0 Å². The van der Waals surface area contributed by atoms with Crippen LogP contribution in [0, 0.1) is 3.57 Å². The van der Waals surface area contributed by atoms with E-state index in [1.165, 1.54) is 0 Å². The molecule has 5 heteroatoms. The fraction of sp³-hybridized carbons (Fsp3) is 0.222. The molecule has 0 spiro atoms. The fourth-order valence-corrected chi connectivity index (χ4v) is 2.07. The van der Waals surface area contributed by atoms with Crippen LogP contribution in [0.3, 0.4) is 0 Å². The van der Waals surface area contributed by atoms with Crippen molar-refractivity contribution < 1.29 is 4.79 Å². The Balaban J connectivity index is 2.72. The molecule has 0 saturated carbocycles. The quantitative estimate of drug-likeness (QED) is 0.660. The number of nitrogens with one attached hydrogen (secondary N) is 1. The van der Waals surface area contributed by atoms with Crippen LogP contribution in [0.2, 0.25) is 5.02 Å². The van der Waals surface area contributed by atoms with Crippen LogP contribution in [-0.4, -0.2) is 11.8 Å². The highest BCUT2D eigenvalue weighted by molar-refractivity contribution is 14.1. The number of hydrogen-bond donors (Lipinski definition) is 1. The summed E-state index contributed by atoms with van der Waals surface area (Å²) in [4.78, 5) is 11.2. The van der Waals surface area contributed by atoms with Crippen molar-refractivity contribution >= 4 is 57.4 Å². The maximum absolute atomic E-state index is 11.2. The second kappa shape index (κ2) is 5.78. The third kappa shape index (κ3) is 3.63. The first-order valence-corrected chi connectivity index (χ1v) is 5.93. The van der Waals surface area contributed by atoms with Crippen molar-refractivity contribution in [3.63, 3.8) is 0 Å². The number of carbonyl (C=O) groups excluding carboxylic acids is 1. The first-order chi connectivity index (χ1) is 6.63. The Hall–Kier alpha value is -0.000000000000000111. The second-order valence-corrected chi connectivity index (χ2v) is 4.59. The van der Waals surface area contributed by atoms with E-state index in [4.69, 9.17) is 23.2 Å². The molecule has 0 saturated heterocycles. The zero-order chi connectivity index (χ0) is 10.6. The van der Waals surface area contributed by atoms with Crippen molar-refractivity contribution in [2.24, 2.45) is 0 Å². The van der Waals surface area contributed by atoms with Gasteiger partial charge in [0, 0.05) is 20.9 Å². The van der Waals surface area contributed by atoms with E-state index in [2.05, 4.69) is 27.9 Å². The lowest BCUT2D eigenvalue weighted by Gasteiger charge is -2.06. The van der Waals surface area contributed by atoms with Crippen LogP contribution in [-0.2, 0) is 4.79 Å². The van der Waals surface area contributed by atoms with Gasteiger partial charge in [0.05, 0.1) is 5.69 Å². The minimum absolute atomic E-state index is 0.0831. The number of hydrogen-bond acceptors (Lipinski definition) is 1. The summed E-state index contributed by atoms with van der Waals surface area (Å²) in [6.07, 6.45) is 0.320. The summed E-state index contributed by atoms with van der Waals surface area (Å²) in [5, 5.41) is 3.41. The molecule has 14 heavy (non-hydrogen) atoms. The van der Waals surface area contributed by atoms with Gasteiger partial charge in [0.2, 0.25) is 5.91 Å². The predicted molar refractivity (Wildman–Crippen MR) is 68.1 cm³/mol. The Morgan fingerprint density at radius 2 is 2.21 bits per heavy atom. The lowest BCUT2D eigenvalue weighted by Crippen LogP contribution is -2.12. The maximum atomic E-state index is 11.2. The molecule has 0 unspecified atom stereocenters. The molecular formula is C9H8Cl2INO. The highest BCUT2D eigenvalue weighted by Crippen LogP contribution is 2.22. The van der Waals surface area contributed by atoms with Crippen LogP contribution in [0.25, 0.3) is 0 Å². The summed E-state index contributed by atoms with van der Waals surface area (Å²) in [7, 11) is 0. The van der Waals surface area contributed by atoms with E-state index in [-0.39, 0.29) is 5.91 Å². The minimum atomic E-state index is -0.0831. The molecule has 0 aromatic heterocycles. The third-order valence-electron chi connectivity index (χ3n) is 1.53. The number of carbonyl (C=O) groups is 1. The van der Waals surface area contributed by atoms with Crippen molar-refractivity contribution in [1.82, 2.24) is 0 Å². The number of benzene rings is 1. The molecule has 0 heterocycles. The molecule has 0 atom stereocenters. The van der Waals surface area contributed by atoms with Gasteiger partial charge in [-0.1, -0.05) is 11.6 Å². The van der Waals surface area contributed by atoms with Crippen molar-refractivity contribution in [3.05, 3.63) is 26.8 Å². The largest absolute Gasteiger partial charge is 0.325 e. The van der Waals surface area contributed by atoms with Gasteiger partial charge in [0.25, 0.3) is 0 Å². The predicted octanol–water partition coefficient (Wildman–Crippen LogP) is 3.51. The third-order valence-corrected chi connectivity index (χ3v) is 2.84. The number of rotatable bonds is 3. The van der Waals surface area contributed by atoms with Crippen molar-refractivity contribution in [2.45, 2.75) is 6.42 Å². The van der Waals surface area contributed by atoms with Crippen LogP contribution in [0.15, 0.2) is 18.2 Å². The van der Waals surface area contributed by atoms with Gasteiger partial charge in [-0.3, -0.25) is 4.79 Å². The zero-order valence-corrected chi connectivity index (χ0v) is 10.9. The SMILES string of the molecule is O=C(CCCl)Nc1ccc(Cl)cc1I. The maximum Gasteiger partial charge on any atom is 0.225 e. The van der Waals surface area contributed by atoms with Crippen molar-refractivity contribution in [3.8, 4) is 0 Å². The van der Waals surface area contributed by atoms with Crippen LogP contribution >= 0.6 is 45.8 Å². The first kappa shape index (κ1) is 12.1. The Morgan fingerprint density at radius 3 is 2.79 bits per heavy atom. The van der Waals surface area contributed by atoms with E-state index in [0.29, 0.717) is 17.3 Å². The highest BCUT2D eigenvalue weighted by Gasteiger charge is 2.04. The van der Waals surface area contributed by atoms with Crippen molar-refractivity contribution in [1.29, 1.82) is 0 Å². The molecule has 1 aromatic rings. The van der Waals surface area contributed by atoms with Gasteiger partial charge in [-0.25, -0.2) is 0 Å². The normalized spacial score (nSPS) is 9.93. The monoisotopic (exact) mass is 343 g/mol. The topological polar surface area (TPSA) is 29.1 Å². The average molecular weight is 344 g/mol. The molecule has 0 bridgehead atoms. The van der Waals surface area contributed by atoms with Crippen molar-refractivity contribution in [2.75, 3.05) is 11.2 Å². The van der Waals surface area contributed by atoms with Gasteiger partial charge in [-0.05, 0) is 40.8 Å². The van der Waals surface area contributed by atoms with Gasteiger partial charge in [0.1, 0.15) is 0 Å². The summed E-state index contributed by atoms with van der Waals surface area (Å²) in [6.45, 7) is 0. The molecule has 0 aliphatic heterocycles. The average Bonchev–Trinajstić information content (AvgIpc) is 2.10. The number of amides is 1. The summed E-state index contributed by atoms with van der Waals surface area (Å²) < 4.78 is 0.915. The van der Waals surface area contributed by atoms with Gasteiger partial charge in [0.15, 0.2) is 0 Å². The van der Waals surface area contributed by atoms with E-state index >= 15 is 0 Å². The Bertz CT molecular complexity index is 344. The van der Waals surface area contributed by atoms with Crippen LogP contribution in [0.4, 0.5) is 5.69 Å². The standard InChI is InChI=1S/C9H8Cl2INO/c10-4-3-9(14)13-8-2-1-6(11)5-7(8)12/h1-2,5H,3-4H2,(H,13,14). The number of anilines is 1.